The number of anilines is 1. The Hall–Kier alpha value is -2.58. The van der Waals surface area contributed by atoms with Crippen molar-refractivity contribution in [2.45, 2.75) is 26.7 Å². The number of nitrogens with two attached hydrogens (primary N) is 1. The highest BCUT2D eigenvalue weighted by atomic mass is 16.5. The van der Waals surface area contributed by atoms with Gasteiger partial charge in [0.1, 0.15) is 5.56 Å². The van der Waals surface area contributed by atoms with E-state index in [2.05, 4.69) is 15.0 Å². The van der Waals surface area contributed by atoms with Crippen LogP contribution < -0.4 is 11.1 Å². The second-order valence-corrected chi connectivity index (χ2v) is 4.34. The maximum Gasteiger partial charge on any atom is 0.346 e. The van der Waals surface area contributed by atoms with E-state index >= 15 is 0 Å². The van der Waals surface area contributed by atoms with Gasteiger partial charge in [0.2, 0.25) is 5.88 Å². The molecular weight excluding hydrogens is 294 g/mol. The van der Waals surface area contributed by atoms with Crippen LogP contribution in [0.25, 0.3) is 0 Å². The van der Waals surface area contributed by atoms with E-state index in [0.29, 0.717) is 13.0 Å². The Balaban J connectivity index is 2.23. The maximum atomic E-state index is 11.7. The van der Waals surface area contributed by atoms with E-state index in [-0.39, 0.29) is 36.1 Å². The highest BCUT2D eigenvalue weighted by Gasteiger charge is 2.20. The number of hydrogen-bond acceptors (Lipinski definition) is 8. The number of esters is 2. The second kappa shape index (κ2) is 8.65. The summed E-state index contributed by atoms with van der Waals surface area (Å²) >= 11 is 0. The first-order valence-electron chi connectivity index (χ1n) is 6.76. The zero-order valence-electron chi connectivity index (χ0n) is 12.5. The Morgan fingerprint density at radius 2 is 2.05 bits per heavy atom. The number of carbonyl (C=O) groups is 3. The highest BCUT2D eigenvalue weighted by Crippen LogP contribution is 2.16. The van der Waals surface area contributed by atoms with Crippen LogP contribution in [-0.2, 0) is 19.1 Å². The van der Waals surface area contributed by atoms with E-state index in [1.54, 1.807) is 6.92 Å². The number of aryl methyl sites for hydroxylation is 1. The molecule has 0 aliphatic carbocycles. The third kappa shape index (κ3) is 5.43. The van der Waals surface area contributed by atoms with Crippen LogP contribution in [0.5, 0.6) is 0 Å². The highest BCUT2D eigenvalue weighted by molar-refractivity contribution is 5.96. The molecule has 9 nitrogen and oxygen atoms in total. The Labute approximate surface area is 127 Å². The van der Waals surface area contributed by atoms with Gasteiger partial charge < -0.3 is 25.0 Å². The number of hydrogen-bond donors (Lipinski definition) is 2. The van der Waals surface area contributed by atoms with E-state index in [1.165, 1.54) is 6.92 Å². The lowest BCUT2D eigenvalue weighted by Crippen LogP contribution is -2.30. The summed E-state index contributed by atoms with van der Waals surface area (Å²) in [4.78, 5) is 34.2. The van der Waals surface area contributed by atoms with Gasteiger partial charge in [-0.2, -0.15) is 0 Å². The molecule has 0 aliphatic rings. The van der Waals surface area contributed by atoms with Crippen molar-refractivity contribution in [3.8, 4) is 0 Å². The van der Waals surface area contributed by atoms with E-state index < -0.39 is 18.5 Å². The number of amides is 1. The Bertz CT molecular complexity index is 520. The van der Waals surface area contributed by atoms with Crippen molar-refractivity contribution < 1.29 is 28.4 Å². The van der Waals surface area contributed by atoms with Crippen molar-refractivity contribution in [1.82, 2.24) is 10.5 Å². The van der Waals surface area contributed by atoms with Gasteiger partial charge in [-0.15, -0.1) is 0 Å². The molecule has 0 saturated heterocycles. The Kier molecular flexibility index (Phi) is 6.87. The summed E-state index contributed by atoms with van der Waals surface area (Å²) in [5.74, 6) is -1.73. The number of ether oxygens (including phenoxy) is 2. The molecule has 1 aromatic heterocycles. The van der Waals surface area contributed by atoms with Gasteiger partial charge in [0.05, 0.1) is 12.3 Å². The first-order valence-corrected chi connectivity index (χ1v) is 6.76. The lowest BCUT2D eigenvalue weighted by atomic mass is 10.2. The topological polar surface area (TPSA) is 134 Å². The van der Waals surface area contributed by atoms with Crippen LogP contribution in [0, 0.1) is 6.92 Å². The molecule has 0 aliphatic heterocycles. The minimum atomic E-state index is -0.780. The molecule has 22 heavy (non-hydrogen) atoms. The first kappa shape index (κ1) is 17.5. The zero-order chi connectivity index (χ0) is 16.5. The molecule has 0 fully saturated rings. The number of nitrogens with one attached hydrogen (secondary N) is 1. The molecule has 1 heterocycles. The van der Waals surface area contributed by atoms with Crippen LogP contribution >= 0.6 is 0 Å². The molecule has 0 spiro atoms. The summed E-state index contributed by atoms with van der Waals surface area (Å²) in [6, 6.07) is 0. The molecule has 0 aromatic carbocycles. The lowest BCUT2D eigenvalue weighted by Gasteiger charge is -2.06. The van der Waals surface area contributed by atoms with E-state index in [4.69, 9.17) is 15.2 Å². The third-order valence-electron chi connectivity index (χ3n) is 2.61. The number of nitrogen functional groups attached to an aromatic ring is 1. The van der Waals surface area contributed by atoms with Crippen LogP contribution in [0.15, 0.2) is 4.52 Å². The van der Waals surface area contributed by atoms with E-state index in [1.807, 2.05) is 0 Å². The molecule has 1 amide bonds. The number of carbonyl (C=O) groups excluding carboxylic acids is 3. The fourth-order valence-corrected chi connectivity index (χ4v) is 1.58. The van der Waals surface area contributed by atoms with Gasteiger partial charge >= 0.3 is 11.9 Å². The van der Waals surface area contributed by atoms with Crippen LogP contribution in [-0.4, -0.2) is 42.8 Å². The molecule has 3 N–H and O–H groups in total. The first-order chi connectivity index (χ1) is 10.5. The monoisotopic (exact) mass is 313 g/mol. The lowest BCUT2D eigenvalue weighted by molar-refractivity contribution is -0.143. The van der Waals surface area contributed by atoms with Crippen molar-refractivity contribution in [2.75, 3.05) is 25.5 Å². The van der Waals surface area contributed by atoms with E-state index in [0.717, 1.165) is 0 Å². The summed E-state index contributed by atoms with van der Waals surface area (Å²) in [6.07, 6.45) is 0.653. The number of rotatable bonds is 8. The number of nitrogens with zero attached hydrogens (tertiary/aromatic N) is 1. The van der Waals surface area contributed by atoms with Crippen LogP contribution in [0.4, 0.5) is 5.88 Å². The molecule has 1 aromatic rings. The van der Waals surface area contributed by atoms with Gasteiger partial charge in [0.15, 0.2) is 6.61 Å². The molecule has 0 bridgehead atoms. The van der Waals surface area contributed by atoms with Crippen molar-refractivity contribution in [1.29, 1.82) is 0 Å². The van der Waals surface area contributed by atoms with Crippen LogP contribution in [0.3, 0.4) is 0 Å². The summed E-state index contributed by atoms with van der Waals surface area (Å²) in [5.41, 5.74) is 5.72. The Morgan fingerprint density at radius 3 is 2.64 bits per heavy atom. The molecule has 9 heteroatoms. The van der Waals surface area contributed by atoms with Crippen molar-refractivity contribution >= 4 is 23.7 Å². The summed E-state index contributed by atoms with van der Waals surface area (Å²) in [6.45, 7) is 3.41. The quantitative estimate of drug-likeness (QED) is 0.513. The van der Waals surface area contributed by atoms with Crippen molar-refractivity contribution in [3.05, 3.63) is 11.3 Å². The van der Waals surface area contributed by atoms with Crippen LogP contribution in [0.2, 0.25) is 0 Å². The average Bonchev–Trinajstić information content (AvgIpc) is 2.80. The van der Waals surface area contributed by atoms with Gasteiger partial charge in [0, 0.05) is 13.0 Å². The zero-order valence-corrected chi connectivity index (χ0v) is 12.5. The summed E-state index contributed by atoms with van der Waals surface area (Å²) in [5, 5.41) is 6.03. The SMILES string of the molecule is CCOC(=O)CCCNC(=O)COC(=O)c1c(C)noc1N. The van der Waals surface area contributed by atoms with Gasteiger partial charge in [-0.3, -0.25) is 9.59 Å². The predicted molar refractivity (Wildman–Crippen MR) is 74.8 cm³/mol. The predicted octanol–water partition coefficient (Wildman–Crippen LogP) is 0.182. The standard InChI is InChI=1S/C13H19N3O6/c1-3-20-10(18)5-4-6-15-9(17)7-21-13(19)11-8(2)16-22-12(11)14/h3-7,14H2,1-2H3,(H,15,17). The van der Waals surface area contributed by atoms with Crippen molar-refractivity contribution in [2.24, 2.45) is 0 Å². The van der Waals surface area contributed by atoms with Gasteiger partial charge in [-0.1, -0.05) is 5.16 Å². The smallest absolute Gasteiger partial charge is 0.346 e. The Morgan fingerprint density at radius 1 is 1.32 bits per heavy atom. The minimum Gasteiger partial charge on any atom is -0.466 e. The fourth-order valence-electron chi connectivity index (χ4n) is 1.58. The van der Waals surface area contributed by atoms with Crippen molar-refractivity contribution in [3.63, 3.8) is 0 Å². The van der Waals surface area contributed by atoms with Gasteiger partial charge in [0.25, 0.3) is 5.91 Å². The van der Waals surface area contributed by atoms with Gasteiger partial charge in [-0.05, 0) is 20.3 Å². The normalized spacial score (nSPS) is 10.1. The fraction of sp³-hybridized carbons (Fsp3) is 0.538. The molecule has 0 radical (unpaired) electrons. The third-order valence-corrected chi connectivity index (χ3v) is 2.61. The summed E-state index contributed by atoms with van der Waals surface area (Å²) in [7, 11) is 0. The average molecular weight is 313 g/mol. The van der Waals surface area contributed by atoms with Gasteiger partial charge in [-0.25, -0.2) is 4.79 Å². The number of aromatic nitrogens is 1. The van der Waals surface area contributed by atoms with E-state index in [9.17, 15) is 14.4 Å². The molecule has 0 unspecified atom stereocenters. The minimum absolute atomic E-state index is 0.00936. The largest absolute Gasteiger partial charge is 0.466 e. The molecule has 122 valence electrons. The van der Waals surface area contributed by atoms with Crippen LogP contribution in [0.1, 0.15) is 35.8 Å². The molecule has 1 rings (SSSR count). The molecule has 0 atom stereocenters. The summed E-state index contributed by atoms with van der Waals surface area (Å²) < 4.78 is 14.2. The second-order valence-electron chi connectivity index (χ2n) is 4.34. The molecular formula is C13H19N3O6. The maximum absolute atomic E-state index is 11.7. The molecule has 0 saturated carbocycles.